The van der Waals surface area contributed by atoms with Crippen molar-refractivity contribution in [2.75, 3.05) is 5.32 Å². The maximum Gasteiger partial charge on any atom is 0.295 e. The largest absolute Gasteiger partial charge is 0.317 e. The summed E-state index contributed by atoms with van der Waals surface area (Å²) in [6, 6.07) is 3.33. The van der Waals surface area contributed by atoms with E-state index in [-0.39, 0.29) is 11.0 Å². The van der Waals surface area contributed by atoms with Gasteiger partial charge in [0, 0.05) is 12.6 Å². The summed E-state index contributed by atoms with van der Waals surface area (Å²) in [5.74, 6) is 0.324. The van der Waals surface area contributed by atoms with E-state index in [0.717, 1.165) is 0 Å². The van der Waals surface area contributed by atoms with Crippen molar-refractivity contribution >= 4 is 23.2 Å². The molecule has 1 amide bonds. The van der Waals surface area contributed by atoms with Crippen LogP contribution in [0, 0.1) is 0 Å². The first kappa shape index (κ1) is 11.5. The minimum Gasteiger partial charge on any atom is -0.317 e. The summed E-state index contributed by atoms with van der Waals surface area (Å²) in [6.07, 6.45) is 2.23. The Hall–Kier alpha value is -1.95. The molecule has 17 heavy (non-hydrogen) atoms. The Balaban J connectivity index is 2.14. The summed E-state index contributed by atoms with van der Waals surface area (Å²) in [5.41, 5.74) is 0.432. The normalized spacial score (nSPS) is 10.2. The SMILES string of the molecule is CCc1nc(C(=O)Nc2cccnc2Cl)n[nH]1. The summed E-state index contributed by atoms with van der Waals surface area (Å²) >= 11 is 5.81. The second-order valence-electron chi connectivity index (χ2n) is 3.26. The van der Waals surface area contributed by atoms with Crippen LogP contribution in [-0.4, -0.2) is 26.1 Å². The van der Waals surface area contributed by atoms with E-state index in [2.05, 4.69) is 25.5 Å². The predicted octanol–water partition coefficient (Wildman–Crippen LogP) is 1.67. The van der Waals surface area contributed by atoms with Gasteiger partial charge in [-0.2, -0.15) is 0 Å². The van der Waals surface area contributed by atoms with Gasteiger partial charge in [-0.15, -0.1) is 5.10 Å². The molecule has 0 saturated heterocycles. The van der Waals surface area contributed by atoms with Crippen molar-refractivity contribution in [3.05, 3.63) is 35.1 Å². The average Bonchev–Trinajstić information content (AvgIpc) is 2.81. The molecule has 0 unspecified atom stereocenters. The monoisotopic (exact) mass is 251 g/mol. The highest BCUT2D eigenvalue weighted by molar-refractivity contribution is 6.32. The zero-order valence-corrected chi connectivity index (χ0v) is 9.82. The summed E-state index contributed by atoms with van der Waals surface area (Å²) in [7, 11) is 0. The number of halogens is 1. The number of anilines is 1. The van der Waals surface area contributed by atoms with Crippen LogP contribution < -0.4 is 5.32 Å². The number of aryl methyl sites for hydroxylation is 1. The molecule has 2 rings (SSSR count). The number of amides is 1. The van der Waals surface area contributed by atoms with Crippen molar-refractivity contribution < 1.29 is 4.79 Å². The molecule has 2 N–H and O–H groups in total. The van der Waals surface area contributed by atoms with E-state index < -0.39 is 5.91 Å². The third-order valence-corrected chi connectivity index (χ3v) is 2.38. The third-order valence-electron chi connectivity index (χ3n) is 2.08. The second-order valence-corrected chi connectivity index (χ2v) is 3.61. The van der Waals surface area contributed by atoms with Crippen molar-refractivity contribution in [3.8, 4) is 0 Å². The highest BCUT2D eigenvalue weighted by atomic mass is 35.5. The number of carbonyl (C=O) groups excluding carboxylic acids is 1. The van der Waals surface area contributed by atoms with Gasteiger partial charge in [0.2, 0.25) is 5.82 Å². The fourth-order valence-electron chi connectivity index (χ4n) is 1.21. The molecule has 7 heteroatoms. The van der Waals surface area contributed by atoms with Crippen LogP contribution in [0.25, 0.3) is 0 Å². The Morgan fingerprint density at radius 1 is 1.59 bits per heavy atom. The summed E-state index contributed by atoms with van der Waals surface area (Å²) in [6.45, 7) is 1.92. The molecule has 0 atom stereocenters. The molecular weight excluding hydrogens is 242 g/mol. The quantitative estimate of drug-likeness (QED) is 0.813. The van der Waals surface area contributed by atoms with Gasteiger partial charge in [-0.25, -0.2) is 9.97 Å². The molecule has 2 heterocycles. The first-order valence-corrected chi connectivity index (χ1v) is 5.41. The number of hydrogen-bond donors (Lipinski definition) is 2. The number of pyridine rings is 1. The van der Waals surface area contributed by atoms with E-state index in [1.807, 2.05) is 6.92 Å². The number of rotatable bonds is 3. The highest BCUT2D eigenvalue weighted by Crippen LogP contribution is 2.17. The molecule has 0 radical (unpaired) electrons. The van der Waals surface area contributed by atoms with Crippen molar-refractivity contribution in [1.82, 2.24) is 20.2 Å². The second kappa shape index (κ2) is 4.92. The zero-order valence-electron chi connectivity index (χ0n) is 9.07. The molecule has 0 spiro atoms. The van der Waals surface area contributed by atoms with Crippen LogP contribution in [0.3, 0.4) is 0 Å². The van der Waals surface area contributed by atoms with Crippen LogP contribution >= 0.6 is 11.6 Å². The van der Waals surface area contributed by atoms with Gasteiger partial charge in [0.1, 0.15) is 5.82 Å². The molecular formula is C10H10ClN5O. The lowest BCUT2D eigenvalue weighted by molar-refractivity contribution is 0.101. The van der Waals surface area contributed by atoms with Crippen LogP contribution in [0.2, 0.25) is 5.15 Å². The Labute approximate surface area is 102 Å². The molecule has 0 saturated carbocycles. The van der Waals surface area contributed by atoms with E-state index in [4.69, 9.17) is 11.6 Å². The van der Waals surface area contributed by atoms with E-state index in [9.17, 15) is 4.79 Å². The van der Waals surface area contributed by atoms with Crippen molar-refractivity contribution in [1.29, 1.82) is 0 Å². The lowest BCUT2D eigenvalue weighted by atomic mass is 10.4. The van der Waals surface area contributed by atoms with E-state index >= 15 is 0 Å². The van der Waals surface area contributed by atoms with Gasteiger partial charge in [0.15, 0.2) is 5.15 Å². The van der Waals surface area contributed by atoms with Gasteiger partial charge in [0.25, 0.3) is 5.91 Å². The van der Waals surface area contributed by atoms with Gasteiger partial charge in [-0.05, 0) is 12.1 Å². The Kier molecular flexibility index (Phi) is 3.34. The van der Waals surface area contributed by atoms with Gasteiger partial charge < -0.3 is 5.32 Å². The van der Waals surface area contributed by atoms with Crippen LogP contribution in [-0.2, 0) is 6.42 Å². The highest BCUT2D eigenvalue weighted by Gasteiger charge is 2.13. The Bertz CT molecular complexity index is 539. The zero-order chi connectivity index (χ0) is 12.3. The molecule has 0 aliphatic carbocycles. The first-order valence-electron chi connectivity index (χ1n) is 5.04. The van der Waals surface area contributed by atoms with Crippen LogP contribution in [0.1, 0.15) is 23.4 Å². The van der Waals surface area contributed by atoms with Crippen LogP contribution in [0.4, 0.5) is 5.69 Å². The molecule has 88 valence electrons. The van der Waals surface area contributed by atoms with Gasteiger partial charge in [-0.3, -0.25) is 9.89 Å². The number of aromatic nitrogens is 4. The van der Waals surface area contributed by atoms with Crippen molar-refractivity contribution in [2.24, 2.45) is 0 Å². The van der Waals surface area contributed by atoms with Crippen LogP contribution in [0.15, 0.2) is 18.3 Å². The van der Waals surface area contributed by atoms with Crippen LogP contribution in [0.5, 0.6) is 0 Å². The first-order chi connectivity index (χ1) is 8.20. The number of nitrogens with one attached hydrogen (secondary N) is 2. The fraction of sp³-hybridized carbons (Fsp3) is 0.200. The van der Waals surface area contributed by atoms with E-state index in [0.29, 0.717) is 17.9 Å². The standard InChI is InChI=1S/C10H10ClN5O/c1-2-7-14-9(16-15-7)10(17)13-6-4-3-5-12-8(6)11/h3-5H,2H2,1H3,(H,13,17)(H,14,15,16). The van der Waals surface area contributed by atoms with Crippen molar-refractivity contribution in [3.63, 3.8) is 0 Å². The lowest BCUT2D eigenvalue weighted by Crippen LogP contribution is -2.14. The number of H-pyrrole nitrogens is 1. The molecule has 2 aromatic heterocycles. The summed E-state index contributed by atoms with van der Waals surface area (Å²) in [4.78, 5) is 19.6. The summed E-state index contributed by atoms with van der Waals surface area (Å²) < 4.78 is 0. The Morgan fingerprint density at radius 3 is 3.06 bits per heavy atom. The predicted molar refractivity (Wildman–Crippen MR) is 63.0 cm³/mol. The molecule has 0 fully saturated rings. The Morgan fingerprint density at radius 2 is 2.41 bits per heavy atom. The molecule has 0 aromatic carbocycles. The topological polar surface area (TPSA) is 83.6 Å². The molecule has 6 nitrogen and oxygen atoms in total. The lowest BCUT2D eigenvalue weighted by Gasteiger charge is -2.02. The number of aromatic amines is 1. The van der Waals surface area contributed by atoms with E-state index in [1.165, 1.54) is 0 Å². The van der Waals surface area contributed by atoms with E-state index in [1.54, 1.807) is 18.3 Å². The fourth-order valence-corrected chi connectivity index (χ4v) is 1.38. The third kappa shape index (κ3) is 2.59. The number of carbonyl (C=O) groups is 1. The smallest absolute Gasteiger partial charge is 0.295 e. The maximum absolute atomic E-state index is 11.8. The molecule has 0 aliphatic heterocycles. The number of nitrogens with zero attached hydrogens (tertiary/aromatic N) is 3. The number of hydrogen-bond acceptors (Lipinski definition) is 4. The minimum atomic E-state index is -0.421. The van der Waals surface area contributed by atoms with Gasteiger partial charge >= 0.3 is 0 Å². The minimum absolute atomic E-state index is 0.0850. The maximum atomic E-state index is 11.8. The average molecular weight is 252 g/mol. The van der Waals surface area contributed by atoms with Gasteiger partial charge in [0.05, 0.1) is 5.69 Å². The van der Waals surface area contributed by atoms with Crippen molar-refractivity contribution in [2.45, 2.75) is 13.3 Å². The molecule has 0 aliphatic rings. The van der Waals surface area contributed by atoms with Gasteiger partial charge in [-0.1, -0.05) is 18.5 Å². The molecule has 0 bridgehead atoms. The summed E-state index contributed by atoms with van der Waals surface area (Å²) in [5, 5.41) is 9.28. The molecule has 2 aromatic rings.